The standard InChI is InChI=1S/C17H34O6Si/c1-17(2,3)24(5,6)23-10-8-19-7-9-20-14-12-22-15-13(18-4)11-21-16(14)15/h13-16H,7-12H2,1-6H3/t13-,14-,15-,16-/m1/s1. The lowest BCUT2D eigenvalue weighted by molar-refractivity contribution is -0.0573. The van der Waals surface area contributed by atoms with E-state index in [1.807, 2.05) is 0 Å². The minimum atomic E-state index is -1.68. The summed E-state index contributed by atoms with van der Waals surface area (Å²) in [6.07, 6.45) is -0.0228. The molecule has 0 saturated carbocycles. The maximum atomic E-state index is 6.07. The molecule has 0 aromatic rings. The molecule has 0 aliphatic carbocycles. The molecule has 2 aliphatic rings. The number of ether oxygens (including phenoxy) is 5. The molecule has 0 unspecified atom stereocenters. The molecule has 4 atom stereocenters. The van der Waals surface area contributed by atoms with Crippen LogP contribution in [0.5, 0.6) is 0 Å². The summed E-state index contributed by atoms with van der Waals surface area (Å²) >= 11 is 0. The van der Waals surface area contributed by atoms with Crippen molar-refractivity contribution in [3.05, 3.63) is 0 Å². The average molecular weight is 363 g/mol. The summed E-state index contributed by atoms with van der Waals surface area (Å²) in [5, 5.41) is 0.233. The largest absolute Gasteiger partial charge is 0.414 e. The number of fused-ring (bicyclic) bond motifs is 1. The Balaban J connectivity index is 1.54. The van der Waals surface area contributed by atoms with E-state index in [-0.39, 0.29) is 29.5 Å². The second kappa shape index (κ2) is 8.57. The van der Waals surface area contributed by atoms with Crippen LogP contribution < -0.4 is 0 Å². The molecule has 2 aliphatic heterocycles. The van der Waals surface area contributed by atoms with E-state index in [0.29, 0.717) is 39.6 Å². The maximum absolute atomic E-state index is 6.07. The summed E-state index contributed by atoms with van der Waals surface area (Å²) in [6.45, 7) is 14.7. The van der Waals surface area contributed by atoms with E-state index in [4.69, 9.17) is 28.1 Å². The Hall–Kier alpha value is -0.0231. The van der Waals surface area contributed by atoms with E-state index in [1.165, 1.54) is 0 Å². The van der Waals surface area contributed by atoms with Gasteiger partial charge in [0.1, 0.15) is 24.4 Å². The van der Waals surface area contributed by atoms with Crippen molar-refractivity contribution in [2.45, 2.75) is 63.3 Å². The molecule has 0 N–H and O–H groups in total. The Kier molecular flexibility index (Phi) is 7.25. The van der Waals surface area contributed by atoms with Crippen LogP contribution >= 0.6 is 0 Å². The quantitative estimate of drug-likeness (QED) is 0.463. The highest BCUT2D eigenvalue weighted by atomic mass is 28.4. The first-order chi connectivity index (χ1) is 11.3. The van der Waals surface area contributed by atoms with Crippen LogP contribution in [0.2, 0.25) is 18.1 Å². The molecular weight excluding hydrogens is 328 g/mol. The summed E-state index contributed by atoms with van der Waals surface area (Å²) in [5.74, 6) is 0. The lowest BCUT2D eigenvalue weighted by atomic mass is 10.1. The van der Waals surface area contributed by atoms with Gasteiger partial charge in [0.25, 0.3) is 0 Å². The SMILES string of the molecule is CO[C@@H]1CO[C@H]2[C@@H]1OC[C@H]2OCCOCCO[Si](C)(C)C(C)(C)C. The van der Waals surface area contributed by atoms with Crippen LogP contribution in [0, 0.1) is 0 Å². The van der Waals surface area contributed by atoms with E-state index in [1.54, 1.807) is 7.11 Å². The second-order valence-electron chi connectivity index (χ2n) is 8.00. The van der Waals surface area contributed by atoms with E-state index in [9.17, 15) is 0 Å². The van der Waals surface area contributed by atoms with E-state index in [2.05, 4.69) is 33.9 Å². The molecule has 0 radical (unpaired) electrons. The van der Waals surface area contributed by atoms with Crippen LogP contribution in [0.3, 0.4) is 0 Å². The van der Waals surface area contributed by atoms with E-state index in [0.717, 1.165) is 0 Å². The first kappa shape index (κ1) is 20.3. The van der Waals surface area contributed by atoms with Gasteiger partial charge in [-0.05, 0) is 18.1 Å². The molecule has 7 heteroatoms. The summed E-state index contributed by atoms with van der Waals surface area (Å²) in [6, 6.07) is 0. The zero-order valence-electron chi connectivity index (χ0n) is 16.0. The van der Waals surface area contributed by atoms with Crippen molar-refractivity contribution in [1.29, 1.82) is 0 Å². The van der Waals surface area contributed by atoms with Gasteiger partial charge in [0.2, 0.25) is 0 Å². The molecule has 0 amide bonds. The van der Waals surface area contributed by atoms with Gasteiger partial charge < -0.3 is 28.1 Å². The molecule has 2 fully saturated rings. The molecule has 2 rings (SSSR count). The fourth-order valence-corrected chi connectivity index (χ4v) is 3.73. The third kappa shape index (κ3) is 5.00. The molecule has 0 aromatic carbocycles. The first-order valence-electron chi connectivity index (χ1n) is 8.85. The van der Waals surface area contributed by atoms with Gasteiger partial charge in [-0.3, -0.25) is 0 Å². The van der Waals surface area contributed by atoms with Gasteiger partial charge >= 0.3 is 0 Å². The lowest BCUT2D eigenvalue weighted by Gasteiger charge is -2.36. The van der Waals surface area contributed by atoms with Gasteiger partial charge in [-0.1, -0.05) is 20.8 Å². The number of hydrogen-bond acceptors (Lipinski definition) is 6. The van der Waals surface area contributed by atoms with Crippen molar-refractivity contribution >= 4 is 8.32 Å². The Labute approximate surface area is 147 Å². The predicted octanol–water partition coefficient (Wildman–Crippen LogP) is 2.22. The van der Waals surface area contributed by atoms with Gasteiger partial charge in [0, 0.05) is 7.11 Å². The Bertz CT molecular complexity index is 384. The van der Waals surface area contributed by atoms with Gasteiger partial charge in [-0.2, -0.15) is 0 Å². The molecule has 24 heavy (non-hydrogen) atoms. The molecule has 142 valence electrons. The molecule has 0 bridgehead atoms. The molecule has 0 aromatic heterocycles. The number of rotatable bonds is 9. The fourth-order valence-electron chi connectivity index (χ4n) is 2.71. The van der Waals surface area contributed by atoms with Crippen molar-refractivity contribution in [2.75, 3.05) is 46.8 Å². The van der Waals surface area contributed by atoms with Gasteiger partial charge in [-0.15, -0.1) is 0 Å². The van der Waals surface area contributed by atoms with Crippen molar-refractivity contribution in [3.8, 4) is 0 Å². The van der Waals surface area contributed by atoms with E-state index < -0.39 is 8.32 Å². The van der Waals surface area contributed by atoms with Crippen molar-refractivity contribution in [1.82, 2.24) is 0 Å². The first-order valence-corrected chi connectivity index (χ1v) is 11.8. The van der Waals surface area contributed by atoms with Gasteiger partial charge in [0.05, 0.1) is 39.6 Å². The predicted molar refractivity (Wildman–Crippen MR) is 94.0 cm³/mol. The Morgan fingerprint density at radius 2 is 1.50 bits per heavy atom. The minimum absolute atomic E-state index is 0.00101. The zero-order valence-corrected chi connectivity index (χ0v) is 17.0. The molecule has 0 spiro atoms. The third-order valence-corrected chi connectivity index (χ3v) is 9.86. The topological polar surface area (TPSA) is 55.4 Å². The van der Waals surface area contributed by atoms with Gasteiger partial charge in [-0.25, -0.2) is 0 Å². The molecule has 2 saturated heterocycles. The van der Waals surface area contributed by atoms with Crippen LogP contribution in [0.1, 0.15) is 20.8 Å². The second-order valence-corrected chi connectivity index (χ2v) is 12.8. The van der Waals surface area contributed by atoms with Crippen LogP contribution in [0.25, 0.3) is 0 Å². The third-order valence-electron chi connectivity index (χ3n) is 5.32. The number of hydrogen-bond donors (Lipinski definition) is 0. The monoisotopic (exact) mass is 362 g/mol. The Morgan fingerprint density at radius 3 is 2.12 bits per heavy atom. The van der Waals surface area contributed by atoms with Crippen molar-refractivity contribution in [3.63, 3.8) is 0 Å². The molecule has 2 heterocycles. The zero-order chi connectivity index (χ0) is 17.8. The minimum Gasteiger partial charge on any atom is -0.414 e. The smallest absolute Gasteiger partial charge is 0.192 e. The van der Waals surface area contributed by atoms with E-state index >= 15 is 0 Å². The van der Waals surface area contributed by atoms with Crippen LogP contribution in [-0.4, -0.2) is 79.5 Å². The van der Waals surface area contributed by atoms with Crippen LogP contribution in [0.15, 0.2) is 0 Å². The highest BCUT2D eigenvalue weighted by Gasteiger charge is 2.48. The highest BCUT2D eigenvalue weighted by Crippen LogP contribution is 2.36. The summed E-state index contributed by atoms with van der Waals surface area (Å²) in [7, 11) is 0.0124. The maximum Gasteiger partial charge on any atom is 0.192 e. The van der Waals surface area contributed by atoms with Crippen LogP contribution in [0.4, 0.5) is 0 Å². The van der Waals surface area contributed by atoms with Gasteiger partial charge in [0.15, 0.2) is 8.32 Å². The van der Waals surface area contributed by atoms with Crippen molar-refractivity contribution in [2.24, 2.45) is 0 Å². The lowest BCUT2D eigenvalue weighted by Crippen LogP contribution is -2.41. The normalized spacial score (nSPS) is 30.8. The summed E-state index contributed by atoms with van der Waals surface area (Å²) < 4.78 is 34.4. The number of methoxy groups -OCH3 is 1. The molecular formula is C17H34O6Si. The van der Waals surface area contributed by atoms with Crippen molar-refractivity contribution < 1.29 is 28.1 Å². The summed E-state index contributed by atoms with van der Waals surface area (Å²) in [5.41, 5.74) is 0. The fraction of sp³-hybridized carbons (Fsp3) is 1.00. The Morgan fingerprint density at radius 1 is 0.917 bits per heavy atom. The summed E-state index contributed by atoms with van der Waals surface area (Å²) in [4.78, 5) is 0. The van der Waals surface area contributed by atoms with Crippen LogP contribution in [-0.2, 0) is 28.1 Å². The molecule has 6 nitrogen and oxygen atoms in total. The highest BCUT2D eigenvalue weighted by molar-refractivity contribution is 6.74. The average Bonchev–Trinajstić information content (AvgIpc) is 3.07.